The second-order valence-electron chi connectivity index (χ2n) is 6.75. The van der Waals surface area contributed by atoms with Gasteiger partial charge in [0.1, 0.15) is 0 Å². The fourth-order valence-electron chi connectivity index (χ4n) is 2.72. The van der Waals surface area contributed by atoms with Gasteiger partial charge < -0.3 is 13.9 Å². The van der Waals surface area contributed by atoms with Crippen molar-refractivity contribution in [3.63, 3.8) is 0 Å². The highest BCUT2D eigenvalue weighted by Crippen LogP contribution is 2.26. The summed E-state index contributed by atoms with van der Waals surface area (Å²) in [4.78, 5) is 28.1. The molecule has 8 nitrogen and oxygen atoms in total. The molecule has 0 atom stereocenters. The Kier molecular flexibility index (Phi) is 7.64. The van der Waals surface area contributed by atoms with Gasteiger partial charge in [-0.3, -0.25) is 20.4 Å². The van der Waals surface area contributed by atoms with Gasteiger partial charge in [0.25, 0.3) is 5.91 Å². The monoisotopic (exact) mass is 423 g/mol. The van der Waals surface area contributed by atoms with Crippen molar-refractivity contribution in [2.45, 2.75) is 26.7 Å². The minimum atomic E-state index is -0.488. The lowest BCUT2D eigenvalue weighted by molar-refractivity contribution is -0.130. The van der Waals surface area contributed by atoms with Crippen LogP contribution in [0.25, 0.3) is 11.3 Å². The van der Waals surface area contributed by atoms with Crippen LogP contribution < -0.4 is 20.3 Å². The van der Waals surface area contributed by atoms with E-state index in [2.05, 4.69) is 15.8 Å². The van der Waals surface area contributed by atoms with E-state index in [0.29, 0.717) is 36.2 Å². The van der Waals surface area contributed by atoms with Crippen LogP contribution in [0.1, 0.15) is 24.8 Å². The van der Waals surface area contributed by atoms with Gasteiger partial charge in [0, 0.05) is 18.4 Å². The number of aryl methyl sites for hydroxylation is 2. The molecular weight excluding hydrogens is 398 g/mol. The molecule has 0 radical (unpaired) electrons. The van der Waals surface area contributed by atoms with Crippen LogP contribution in [0.5, 0.6) is 11.5 Å². The van der Waals surface area contributed by atoms with E-state index in [1.165, 1.54) is 0 Å². The van der Waals surface area contributed by atoms with Crippen molar-refractivity contribution in [1.82, 2.24) is 15.8 Å². The first-order chi connectivity index (χ1) is 15.0. The summed E-state index contributed by atoms with van der Waals surface area (Å²) in [6.07, 6.45) is 2.06. The quantitative estimate of drug-likeness (QED) is 0.513. The first kappa shape index (κ1) is 21.9. The van der Waals surface area contributed by atoms with Crippen LogP contribution in [0.2, 0.25) is 0 Å². The first-order valence-corrected chi connectivity index (χ1v) is 9.99. The normalized spacial score (nSPS) is 10.4. The maximum Gasteiger partial charge on any atom is 0.276 e. The maximum atomic E-state index is 12.0. The van der Waals surface area contributed by atoms with Crippen LogP contribution in [-0.4, -0.2) is 30.0 Å². The third-order valence-corrected chi connectivity index (χ3v) is 4.30. The number of nitrogens with one attached hydrogen (secondary N) is 2. The molecule has 0 bridgehead atoms. The average Bonchev–Trinajstić information content (AvgIpc) is 3.25. The molecule has 0 saturated heterocycles. The summed E-state index contributed by atoms with van der Waals surface area (Å²) in [5.74, 6) is 1.26. The van der Waals surface area contributed by atoms with Crippen LogP contribution >= 0.6 is 0 Å². The summed E-state index contributed by atoms with van der Waals surface area (Å²) in [6, 6.07) is 15.0. The van der Waals surface area contributed by atoms with Crippen molar-refractivity contribution in [2.75, 3.05) is 13.2 Å². The molecule has 0 saturated carbocycles. The van der Waals surface area contributed by atoms with Crippen molar-refractivity contribution < 1.29 is 23.5 Å². The Hall–Kier alpha value is -3.81. The predicted octanol–water partition coefficient (Wildman–Crippen LogP) is 3.21. The summed E-state index contributed by atoms with van der Waals surface area (Å²) in [7, 11) is 0. The zero-order valence-electron chi connectivity index (χ0n) is 17.5. The zero-order valence-corrected chi connectivity index (χ0v) is 17.5. The molecule has 31 heavy (non-hydrogen) atoms. The van der Waals surface area contributed by atoms with E-state index in [1.807, 2.05) is 44.2 Å². The number of rotatable bonds is 9. The van der Waals surface area contributed by atoms with Gasteiger partial charge in [-0.25, -0.2) is 4.98 Å². The summed E-state index contributed by atoms with van der Waals surface area (Å²) >= 11 is 0. The lowest BCUT2D eigenvalue weighted by Gasteiger charge is -2.11. The number of carbonyl (C=O) groups is 2. The second kappa shape index (κ2) is 10.8. The Morgan fingerprint density at radius 1 is 0.968 bits per heavy atom. The van der Waals surface area contributed by atoms with E-state index in [0.717, 1.165) is 11.1 Å². The molecule has 162 valence electrons. The van der Waals surface area contributed by atoms with Crippen LogP contribution in [0.3, 0.4) is 0 Å². The highest BCUT2D eigenvalue weighted by Gasteiger charge is 2.11. The molecule has 0 aliphatic rings. The topological polar surface area (TPSA) is 103 Å². The Bertz CT molecular complexity index is 1010. The smallest absolute Gasteiger partial charge is 0.276 e. The van der Waals surface area contributed by atoms with E-state index in [4.69, 9.17) is 13.9 Å². The summed E-state index contributed by atoms with van der Waals surface area (Å²) in [6.45, 7) is 4.10. The number of aromatic nitrogens is 1. The van der Waals surface area contributed by atoms with Gasteiger partial charge in [0.2, 0.25) is 5.91 Å². The number of carbonyl (C=O) groups excluding carboxylic acids is 2. The van der Waals surface area contributed by atoms with Crippen LogP contribution in [-0.2, 0) is 16.0 Å². The van der Waals surface area contributed by atoms with Gasteiger partial charge in [-0.15, -0.1) is 0 Å². The van der Waals surface area contributed by atoms with E-state index < -0.39 is 5.91 Å². The molecule has 2 amide bonds. The lowest BCUT2D eigenvalue weighted by Crippen LogP contribution is -2.43. The van der Waals surface area contributed by atoms with Gasteiger partial charge in [-0.1, -0.05) is 42.0 Å². The molecule has 8 heteroatoms. The largest absolute Gasteiger partial charge is 0.490 e. The number of nitrogens with zero attached hydrogens (tertiary/aromatic N) is 1. The fourth-order valence-corrected chi connectivity index (χ4v) is 2.72. The highest BCUT2D eigenvalue weighted by molar-refractivity contribution is 5.82. The first-order valence-electron chi connectivity index (χ1n) is 9.99. The Balaban J connectivity index is 1.39. The van der Waals surface area contributed by atoms with Gasteiger partial charge in [-0.2, -0.15) is 0 Å². The average molecular weight is 423 g/mol. The molecule has 3 aromatic rings. The Morgan fingerprint density at radius 2 is 1.65 bits per heavy atom. The van der Waals surface area contributed by atoms with Gasteiger partial charge >= 0.3 is 0 Å². The van der Waals surface area contributed by atoms with Crippen LogP contribution in [0.4, 0.5) is 0 Å². The Labute approximate surface area is 180 Å². The fraction of sp³-hybridized carbons (Fsp3) is 0.261. The standard InChI is InChI=1S/C23H25N3O5/c1-3-29-18-6-4-5-7-19(18)30-15-22(28)26-25-21(27)12-13-23-24-14-20(31-23)17-10-8-16(2)9-11-17/h4-11,14H,3,12-13,15H2,1-2H3,(H,25,27)(H,26,28). The summed E-state index contributed by atoms with van der Waals surface area (Å²) < 4.78 is 16.6. The minimum absolute atomic E-state index is 0.113. The van der Waals surface area contributed by atoms with Crippen molar-refractivity contribution in [1.29, 1.82) is 0 Å². The molecule has 0 spiro atoms. The number of hydrazine groups is 1. The lowest BCUT2D eigenvalue weighted by atomic mass is 10.1. The SMILES string of the molecule is CCOc1ccccc1OCC(=O)NNC(=O)CCc1ncc(-c2ccc(C)cc2)o1. The molecule has 0 aliphatic heterocycles. The molecular formula is C23H25N3O5. The molecule has 1 aromatic heterocycles. The van der Waals surface area contributed by atoms with E-state index in [-0.39, 0.29) is 18.9 Å². The molecule has 0 aliphatic carbocycles. The maximum absolute atomic E-state index is 12.0. The number of para-hydroxylation sites is 2. The molecule has 0 unspecified atom stereocenters. The molecule has 0 fully saturated rings. The van der Waals surface area contributed by atoms with Crippen molar-refractivity contribution >= 4 is 11.8 Å². The number of oxazole rings is 1. The van der Waals surface area contributed by atoms with Gasteiger partial charge in [0.05, 0.1) is 12.8 Å². The van der Waals surface area contributed by atoms with E-state index in [9.17, 15) is 9.59 Å². The third kappa shape index (κ3) is 6.60. The third-order valence-electron chi connectivity index (χ3n) is 4.30. The van der Waals surface area contributed by atoms with Crippen molar-refractivity contribution in [3.05, 3.63) is 66.2 Å². The van der Waals surface area contributed by atoms with E-state index >= 15 is 0 Å². The number of ether oxygens (including phenoxy) is 2. The number of amides is 2. The van der Waals surface area contributed by atoms with Crippen LogP contribution in [0, 0.1) is 6.92 Å². The summed E-state index contributed by atoms with van der Waals surface area (Å²) in [5, 5.41) is 0. The molecule has 2 N–H and O–H groups in total. The number of hydrogen-bond donors (Lipinski definition) is 2. The van der Waals surface area contributed by atoms with Crippen LogP contribution in [0.15, 0.2) is 59.1 Å². The number of hydrogen-bond acceptors (Lipinski definition) is 6. The molecule has 1 heterocycles. The second-order valence-corrected chi connectivity index (χ2v) is 6.75. The minimum Gasteiger partial charge on any atom is -0.490 e. The van der Waals surface area contributed by atoms with Crippen molar-refractivity contribution in [2.24, 2.45) is 0 Å². The predicted molar refractivity (Wildman–Crippen MR) is 114 cm³/mol. The molecule has 3 rings (SSSR count). The number of benzene rings is 2. The highest BCUT2D eigenvalue weighted by atomic mass is 16.5. The zero-order chi connectivity index (χ0) is 22.1. The molecule has 2 aromatic carbocycles. The Morgan fingerprint density at radius 3 is 2.35 bits per heavy atom. The van der Waals surface area contributed by atoms with Gasteiger partial charge in [-0.05, 0) is 26.0 Å². The summed E-state index contributed by atoms with van der Waals surface area (Å²) in [5.41, 5.74) is 6.76. The van der Waals surface area contributed by atoms with Gasteiger partial charge in [0.15, 0.2) is 29.8 Å². The van der Waals surface area contributed by atoms with Crippen molar-refractivity contribution in [3.8, 4) is 22.8 Å². The van der Waals surface area contributed by atoms with E-state index in [1.54, 1.807) is 24.4 Å².